The Morgan fingerprint density at radius 1 is 1.29 bits per heavy atom. The Hall–Kier alpha value is -1.17. The highest BCUT2D eigenvalue weighted by Gasteiger charge is 2.13. The molecule has 0 aliphatic carbocycles. The Morgan fingerprint density at radius 3 is 2.57 bits per heavy atom. The number of sulfonamides is 1. The lowest BCUT2D eigenvalue weighted by molar-refractivity contribution is 0.457. The van der Waals surface area contributed by atoms with Gasteiger partial charge in [0.25, 0.3) is 0 Å². The van der Waals surface area contributed by atoms with E-state index in [2.05, 4.69) is 30.4 Å². The largest absolute Gasteiger partial charge is 0.313 e. The van der Waals surface area contributed by atoms with Crippen molar-refractivity contribution in [3.8, 4) is 0 Å². The fraction of sp³-hybridized carbons (Fsp3) is 0.500. The molecule has 1 aromatic carbocycles. The van der Waals surface area contributed by atoms with Gasteiger partial charge in [-0.2, -0.15) is 0 Å². The van der Waals surface area contributed by atoms with E-state index >= 15 is 0 Å². The number of hydrogen-bond donors (Lipinski definition) is 1. The number of hydrogen-bond acceptors (Lipinski definition) is 3. The first-order valence-corrected chi connectivity index (χ1v) is 8.93. The molecule has 1 N–H and O–H groups in total. The molecule has 4 nitrogen and oxygen atoms in total. The van der Waals surface area contributed by atoms with E-state index in [4.69, 9.17) is 0 Å². The molecule has 5 heteroatoms. The van der Waals surface area contributed by atoms with Crippen molar-refractivity contribution in [2.24, 2.45) is 0 Å². The van der Waals surface area contributed by atoms with Crippen LogP contribution in [-0.4, -0.2) is 45.2 Å². The monoisotopic (exact) mass is 310 g/mol. The molecule has 0 heterocycles. The van der Waals surface area contributed by atoms with E-state index < -0.39 is 10.0 Å². The minimum atomic E-state index is -3.05. The predicted molar refractivity (Wildman–Crippen MR) is 89.7 cm³/mol. The van der Waals surface area contributed by atoms with Gasteiger partial charge in [-0.05, 0) is 32.4 Å². The third kappa shape index (κ3) is 6.89. The zero-order chi connectivity index (χ0) is 15.7. The van der Waals surface area contributed by atoms with Crippen molar-refractivity contribution in [3.05, 3.63) is 41.5 Å². The number of benzene rings is 1. The molecule has 0 radical (unpaired) electrons. The van der Waals surface area contributed by atoms with Gasteiger partial charge in [0.1, 0.15) is 0 Å². The molecule has 0 aliphatic rings. The van der Waals surface area contributed by atoms with E-state index in [1.165, 1.54) is 15.4 Å². The molecular weight excluding hydrogens is 284 g/mol. The standard InChI is InChI=1S/C16H26N2O2S/c1-4-21(19,20)18(3)12-8-11-17-14-15(2)13-16-9-6-5-7-10-16/h5-7,9-10,13,17H,4,8,11-12,14H2,1-3H3/b15-13+. The second kappa shape index (κ2) is 8.97. The maximum atomic E-state index is 11.6. The predicted octanol–water partition coefficient (Wildman–Crippen LogP) is 2.35. The summed E-state index contributed by atoms with van der Waals surface area (Å²) in [5.74, 6) is 0.163. The van der Waals surface area contributed by atoms with Gasteiger partial charge in [-0.1, -0.05) is 42.0 Å². The topological polar surface area (TPSA) is 49.4 Å². The van der Waals surface area contributed by atoms with E-state index in [9.17, 15) is 8.42 Å². The highest BCUT2D eigenvalue weighted by atomic mass is 32.2. The van der Waals surface area contributed by atoms with Crippen LogP contribution in [0, 0.1) is 0 Å². The second-order valence-electron chi connectivity index (χ2n) is 5.15. The Morgan fingerprint density at radius 2 is 1.95 bits per heavy atom. The van der Waals surface area contributed by atoms with Crippen LogP contribution >= 0.6 is 0 Å². The molecular formula is C16H26N2O2S. The van der Waals surface area contributed by atoms with Crippen molar-refractivity contribution in [3.63, 3.8) is 0 Å². The molecule has 0 unspecified atom stereocenters. The van der Waals surface area contributed by atoms with E-state index in [1.807, 2.05) is 18.2 Å². The highest BCUT2D eigenvalue weighted by Crippen LogP contribution is 2.05. The lowest BCUT2D eigenvalue weighted by Crippen LogP contribution is -2.31. The van der Waals surface area contributed by atoms with E-state index in [1.54, 1.807) is 14.0 Å². The van der Waals surface area contributed by atoms with Crippen LogP contribution in [-0.2, 0) is 10.0 Å². The van der Waals surface area contributed by atoms with Crippen LogP contribution in [0.5, 0.6) is 0 Å². The average Bonchev–Trinajstić information content (AvgIpc) is 2.47. The van der Waals surface area contributed by atoms with Crippen LogP contribution in [0.1, 0.15) is 25.8 Å². The lowest BCUT2D eigenvalue weighted by Gasteiger charge is -2.15. The van der Waals surface area contributed by atoms with Gasteiger partial charge in [0.2, 0.25) is 10.0 Å². The number of rotatable bonds is 9. The van der Waals surface area contributed by atoms with Crippen molar-refractivity contribution in [1.29, 1.82) is 0 Å². The molecule has 0 aromatic heterocycles. The van der Waals surface area contributed by atoms with Gasteiger partial charge < -0.3 is 5.32 Å². The maximum Gasteiger partial charge on any atom is 0.213 e. The molecule has 0 saturated heterocycles. The molecule has 0 atom stereocenters. The van der Waals surface area contributed by atoms with Crippen molar-refractivity contribution in [2.75, 3.05) is 32.4 Å². The molecule has 0 bridgehead atoms. The third-order valence-corrected chi connectivity index (χ3v) is 5.14. The Kier molecular flexibility index (Phi) is 7.64. The molecule has 0 saturated carbocycles. The molecule has 1 rings (SSSR count). The summed E-state index contributed by atoms with van der Waals surface area (Å²) >= 11 is 0. The number of nitrogens with one attached hydrogen (secondary N) is 1. The van der Waals surface area contributed by atoms with Gasteiger partial charge in [-0.3, -0.25) is 0 Å². The smallest absolute Gasteiger partial charge is 0.213 e. The Balaban J connectivity index is 2.24. The van der Waals surface area contributed by atoms with Crippen molar-refractivity contribution in [1.82, 2.24) is 9.62 Å². The fourth-order valence-electron chi connectivity index (χ4n) is 1.96. The normalized spacial score (nSPS) is 12.9. The van der Waals surface area contributed by atoms with Crippen molar-refractivity contribution >= 4 is 16.1 Å². The zero-order valence-electron chi connectivity index (χ0n) is 13.2. The third-order valence-electron chi connectivity index (χ3n) is 3.28. The summed E-state index contributed by atoms with van der Waals surface area (Å²) in [6.07, 6.45) is 2.97. The summed E-state index contributed by atoms with van der Waals surface area (Å²) in [4.78, 5) is 0. The van der Waals surface area contributed by atoms with Gasteiger partial charge in [-0.15, -0.1) is 0 Å². The van der Waals surface area contributed by atoms with Crippen LogP contribution in [0.15, 0.2) is 35.9 Å². The summed E-state index contributed by atoms with van der Waals surface area (Å²) in [6.45, 7) is 5.95. The summed E-state index contributed by atoms with van der Waals surface area (Å²) in [5, 5.41) is 3.34. The van der Waals surface area contributed by atoms with Gasteiger partial charge >= 0.3 is 0 Å². The fourth-order valence-corrected chi connectivity index (χ4v) is 2.80. The Bertz CT molecular complexity index is 539. The lowest BCUT2D eigenvalue weighted by atomic mass is 10.1. The first-order chi connectivity index (χ1) is 9.95. The van der Waals surface area contributed by atoms with Crippen LogP contribution < -0.4 is 5.32 Å². The van der Waals surface area contributed by atoms with Gasteiger partial charge in [0, 0.05) is 20.1 Å². The minimum Gasteiger partial charge on any atom is -0.313 e. The first kappa shape index (κ1) is 17.9. The molecule has 21 heavy (non-hydrogen) atoms. The molecule has 0 aliphatic heterocycles. The van der Waals surface area contributed by atoms with Crippen LogP contribution in [0.2, 0.25) is 0 Å². The molecule has 0 fully saturated rings. The van der Waals surface area contributed by atoms with E-state index in [-0.39, 0.29) is 5.75 Å². The molecule has 0 amide bonds. The average molecular weight is 310 g/mol. The van der Waals surface area contributed by atoms with Crippen molar-refractivity contribution < 1.29 is 8.42 Å². The zero-order valence-corrected chi connectivity index (χ0v) is 14.0. The van der Waals surface area contributed by atoms with E-state index in [0.717, 1.165) is 19.5 Å². The van der Waals surface area contributed by atoms with Crippen LogP contribution in [0.3, 0.4) is 0 Å². The van der Waals surface area contributed by atoms with Crippen LogP contribution in [0.25, 0.3) is 6.08 Å². The van der Waals surface area contributed by atoms with Gasteiger partial charge in [0.15, 0.2) is 0 Å². The Labute approximate surface area is 128 Å². The van der Waals surface area contributed by atoms with Gasteiger partial charge in [-0.25, -0.2) is 12.7 Å². The summed E-state index contributed by atoms with van der Waals surface area (Å²) in [6, 6.07) is 10.2. The van der Waals surface area contributed by atoms with E-state index in [0.29, 0.717) is 6.54 Å². The first-order valence-electron chi connectivity index (χ1n) is 7.32. The summed E-state index contributed by atoms with van der Waals surface area (Å²) < 4.78 is 24.6. The number of nitrogens with zero attached hydrogens (tertiary/aromatic N) is 1. The second-order valence-corrected chi connectivity index (χ2v) is 7.52. The highest BCUT2D eigenvalue weighted by molar-refractivity contribution is 7.89. The minimum absolute atomic E-state index is 0.163. The summed E-state index contributed by atoms with van der Waals surface area (Å²) in [7, 11) is -1.41. The molecule has 1 aromatic rings. The molecule has 118 valence electrons. The maximum absolute atomic E-state index is 11.6. The van der Waals surface area contributed by atoms with Gasteiger partial charge in [0.05, 0.1) is 5.75 Å². The van der Waals surface area contributed by atoms with Crippen LogP contribution in [0.4, 0.5) is 0 Å². The quantitative estimate of drug-likeness (QED) is 0.712. The SMILES string of the molecule is CCS(=O)(=O)N(C)CCCNC/C(C)=C/c1ccccc1. The summed E-state index contributed by atoms with van der Waals surface area (Å²) in [5.41, 5.74) is 2.46. The molecule has 0 spiro atoms. The van der Waals surface area contributed by atoms with Crippen molar-refractivity contribution in [2.45, 2.75) is 20.3 Å².